The van der Waals surface area contributed by atoms with Crippen LogP contribution in [-0.2, 0) is 11.3 Å². The molecular formula is C18H24O2. The fourth-order valence-corrected chi connectivity index (χ4v) is 2.64. The van der Waals surface area contributed by atoms with Gasteiger partial charge in [0.25, 0.3) is 0 Å². The number of rotatable bonds is 4. The van der Waals surface area contributed by atoms with E-state index in [1.165, 1.54) is 31.2 Å². The summed E-state index contributed by atoms with van der Waals surface area (Å²) in [5.41, 5.74) is 2.20. The van der Waals surface area contributed by atoms with E-state index in [0.29, 0.717) is 25.0 Å². The van der Waals surface area contributed by atoms with Crippen molar-refractivity contribution >= 4 is 0 Å². The summed E-state index contributed by atoms with van der Waals surface area (Å²) >= 11 is 0. The van der Waals surface area contributed by atoms with Crippen LogP contribution >= 0.6 is 0 Å². The van der Waals surface area contributed by atoms with Crippen LogP contribution in [0.4, 0.5) is 0 Å². The summed E-state index contributed by atoms with van der Waals surface area (Å²) in [7, 11) is 0. The van der Waals surface area contributed by atoms with Crippen LogP contribution in [0.25, 0.3) is 0 Å². The monoisotopic (exact) mass is 272 g/mol. The Bertz CT molecular complexity index is 453. The topological polar surface area (TPSA) is 29.5 Å². The van der Waals surface area contributed by atoms with Gasteiger partial charge in [-0.3, -0.25) is 0 Å². The first-order valence-electron chi connectivity index (χ1n) is 7.60. The second kappa shape index (κ2) is 8.09. The van der Waals surface area contributed by atoms with E-state index in [1.807, 2.05) is 12.1 Å². The number of hydrogen-bond acceptors (Lipinski definition) is 2. The Hall–Kier alpha value is -1.30. The van der Waals surface area contributed by atoms with Gasteiger partial charge in [0.15, 0.2) is 0 Å². The van der Waals surface area contributed by atoms with Crippen molar-refractivity contribution in [3.8, 4) is 11.8 Å². The fraction of sp³-hybridized carbons (Fsp3) is 0.556. The van der Waals surface area contributed by atoms with E-state index in [-0.39, 0.29) is 6.61 Å². The van der Waals surface area contributed by atoms with E-state index >= 15 is 0 Å². The molecule has 1 aromatic carbocycles. The largest absolute Gasteiger partial charge is 0.395 e. The molecule has 0 amide bonds. The summed E-state index contributed by atoms with van der Waals surface area (Å²) in [5, 5.41) is 8.68. The van der Waals surface area contributed by atoms with Gasteiger partial charge in [-0.2, -0.15) is 0 Å². The van der Waals surface area contributed by atoms with Gasteiger partial charge in [-0.15, -0.1) is 0 Å². The van der Waals surface area contributed by atoms with E-state index in [4.69, 9.17) is 9.84 Å². The molecule has 108 valence electrons. The molecule has 2 unspecified atom stereocenters. The predicted octanol–water partition coefficient (Wildman–Crippen LogP) is 3.52. The maximum Gasteiger partial charge on any atom is 0.0720 e. The zero-order valence-corrected chi connectivity index (χ0v) is 12.3. The first-order valence-corrected chi connectivity index (χ1v) is 7.60. The van der Waals surface area contributed by atoms with Gasteiger partial charge in [-0.1, -0.05) is 43.7 Å². The minimum Gasteiger partial charge on any atom is -0.395 e. The highest BCUT2D eigenvalue weighted by atomic mass is 16.5. The number of benzene rings is 1. The Balaban J connectivity index is 1.83. The molecule has 2 heteroatoms. The quantitative estimate of drug-likeness (QED) is 0.850. The summed E-state index contributed by atoms with van der Waals surface area (Å²) in [6.07, 6.45) is 6.10. The molecule has 0 radical (unpaired) electrons. The molecule has 1 fully saturated rings. The van der Waals surface area contributed by atoms with Gasteiger partial charge in [-0.05, 0) is 36.5 Å². The number of aliphatic hydroxyl groups excluding tert-OH is 1. The van der Waals surface area contributed by atoms with Gasteiger partial charge >= 0.3 is 0 Å². The van der Waals surface area contributed by atoms with E-state index in [1.54, 1.807) is 0 Å². The molecule has 1 N–H and O–H groups in total. The van der Waals surface area contributed by atoms with E-state index in [0.717, 1.165) is 5.56 Å². The third kappa shape index (κ3) is 4.67. The van der Waals surface area contributed by atoms with Crippen molar-refractivity contribution in [2.24, 2.45) is 5.92 Å². The molecule has 2 atom stereocenters. The minimum absolute atomic E-state index is 0.124. The van der Waals surface area contributed by atoms with E-state index < -0.39 is 0 Å². The Morgan fingerprint density at radius 2 is 1.95 bits per heavy atom. The molecule has 0 aliphatic heterocycles. The minimum atomic E-state index is 0.124. The SMILES string of the molecule is CC1CCCCC1OCc1ccc(C#CCCO)cc1. The Kier molecular flexibility index (Phi) is 6.11. The van der Waals surface area contributed by atoms with E-state index in [2.05, 4.69) is 30.9 Å². The average molecular weight is 272 g/mol. The summed E-state index contributed by atoms with van der Waals surface area (Å²) in [5.74, 6) is 6.65. The number of aliphatic hydroxyl groups is 1. The molecule has 2 nitrogen and oxygen atoms in total. The molecule has 0 heterocycles. The Labute approximate surface area is 122 Å². The molecule has 0 saturated heterocycles. The van der Waals surface area contributed by atoms with Crippen molar-refractivity contribution < 1.29 is 9.84 Å². The second-order valence-electron chi connectivity index (χ2n) is 5.58. The normalized spacial score (nSPS) is 22.1. The van der Waals surface area contributed by atoms with Crippen LogP contribution in [0, 0.1) is 17.8 Å². The van der Waals surface area contributed by atoms with Crippen molar-refractivity contribution in [3.63, 3.8) is 0 Å². The molecular weight excluding hydrogens is 248 g/mol. The van der Waals surface area contributed by atoms with Gasteiger partial charge in [0.05, 0.1) is 19.3 Å². The lowest BCUT2D eigenvalue weighted by molar-refractivity contribution is -0.0154. The first-order chi connectivity index (χ1) is 9.79. The molecule has 1 aliphatic rings. The van der Waals surface area contributed by atoms with Crippen molar-refractivity contribution in [2.45, 2.75) is 51.7 Å². The van der Waals surface area contributed by atoms with Crippen LogP contribution in [0.15, 0.2) is 24.3 Å². The van der Waals surface area contributed by atoms with Crippen molar-refractivity contribution in [1.29, 1.82) is 0 Å². The summed E-state index contributed by atoms with van der Waals surface area (Å²) in [6.45, 7) is 3.11. The van der Waals surface area contributed by atoms with Gasteiger partial charge < -0.3 is 9.84 Å². The average Bonchev–Trinajstić information content (AvgIpc) is 2.48. The zero-order valence-electron chi connectivity index (χ0n) is 12.3. The lowest BCUT2D eigenvalue weighted by Crippen LogP contribution is -2.25. The van der Waals surface area contributed by atoms with Crippen molar-refractivity contribution in [3.05, 3.63) is 35.4 Å². The molecule has 1 aliphatic carbocycles. The maximum atomic E-state index is 8.68. The molecule has 0 spiro atoms. The lowest BCUT2D eigenvalue weighted by atomic mass is 9.88. The molecule has 2 rings (SSSR count). The Morgan fingerprint density at radius 1 is 1.20 bits per heavy atom. The first kappa shape index (κ1) is 15.1. The second-order valence-corrected chi connectivity index (χ2v) is 5.58. The van der Waals surface area contributed by atoms with Crippen LogP contribution in [0.1, 0.15) is 50.2 Å². The highest BCUT2D eigenvalue weighted by molar-refractivity contribution is 5.35. The highest BCUT2D eigenvalue weighted by Crippen LogP contribution is 2.27. The van der Waals surface area contributed by atoms with E-state index in [9.17, 15) is 0 Å². The zero-order chi connectivity index (χ0) is 14.2. The third-order valence-corrected chi connectivity index (χ3v) is 3.92. The molecule has 0 aromatic heterocycles. The van der Waals surface area contributed by atoms with Crippen LogP contribution in [-0.4, -0.2) is 17.8 Å². The van der Waals surface area contributed by atoms with Crippen LogP contribution in [0.5, 0.6) is 0 Å². The number of hydrogen-bond donors (Lipinski definition) is 1. The molecule has 0 bridgehead atoms. The molecule has 1 aromatic rings. The van der Waals surface area contributed by atoms with Crippen LogP contribution in [0.2, 0.25) is 0 Å². The van der Waals surface area contributed by atoms with Crippen LogP contribution in [0.3, 0.4) is 0 Å². The van der Waals surface area contributed by atoms with Crippen molar-refractivity contribution in [1.82, 2.24) is 0 Å². The van der Waals surface area contributed by atoms with Crippen molar-refractivity contribution in [2.75, 3.05) is 6.61 Å². The standard InChI is InChI=1S/C18H24O2/c1-15-6-2-3-8-18(15)20-14-17-11-9-16(10-12-17)7-4-5-13-19/h9-12,15,18-19H,2-3,5-6,8,13-14H2,1H3. The summed E-state index contributed by atoms with van der Waals surface area (Å²) in [6, 6.07) is 8.20. The summed E-state index contributed by atoms with van der Waals surface area (Å²) < 4.78 is 6.05. The third-order valence-electron chi connectivity index (χ3n) is 3.92. The predicted molar refractivity (Wildman–Crippen MR) is 81.2 cm³/mol. The summed E-state index contributed by atoms with van der Waals surface area (Å²) in [4.78, 5) is 0. The number of ether oxygens (including phenoxy) is 1. The van der Waals surface area contributed by atoms with Gasteiger partial charge in [-0.25, -0.2) is 0 Å². The lowest BCUT2D eigenvalue weighted by Gasteiger charge is -2.28. The maximum absolute atomic E-state index is 8.68. The van der Waals surface area contributed by atoms with Gasteiger partial charge in [0.2, 0.25) is 0 Å². The smallest absolute Gasteiger partial charge is 0.0720 e. The van der Waals surface area contributed by atoms with Crippen LogP contribution < -0.4 is 0 Å². The Morgan fingerprint density at radius 3 is 2.65 bits per heavy atom. The molecule has 1 saturated carbocycles. The van der Waals surface area contributed by atoms with Gasteiger partial charge in [0.1, 0.15) is 0 Å². The van der Waals surface area contributed by atoms with Gasteiger partial charge in [0, 0.05) is 12.0 Å². The fourth-order valence-electron chi connectivity index (χ4n) is 2.64. The molecule has 20 heavy (non-hydrogen) atoms. The highest BCUT2D eigenvalue weighted by Gasteiger charge is 2.21.